The number of ketones is 1. The van der Waals surface area contributed by atoms with Crippen LogP contribution in [0.2, 0.25) is 5.02 Å². The van der Waals surface area contributed by atoms with Crippen molar-refractivity contribution in [3.8, 4) is 5.69 Å². The highest BCUT2D eigenvalue weighted by Gasteiger charge is 2.16. The van der Waals surface area contributed by atoms with Crippen molar-refractivity contribution < 1.29 is 4.79 Å². The predicted octanol–water partition coefficient (Wildman–Crippen LogP) is 5.63. The molecular formula is C24H19ClN2O2S. The van der Waals surface area contributed by atoms with Crippen LogP contribution in [0.4, 0.5) is 0 Å². The first kappa shape index (κ1) is 20.4. The van der Waals surface area contributed by atoms with Gasteiger partial charge in [0.25, 0.3) is 5.56 Å². The molecule has 3 aromatic carbocycles. The second-order valence-corrected chi connectivity index (χ2v) is 8.42. The van der Waals surface area contributed by atoms with Crippen LogP contribution in [0.25, 0.3) is 16.6 Å². The molecule has 0 bridgehead atoms. The fourth-order valence-corrected chi connectivity index (χ4v) is 4.18. The summed E-state index contributed by atoms with van der Waals surface area (Å²) < 4.78 is 1.59. The largest absolute Gasteiger partial charge is 0.293 e. The summed E-state index contributed by atoms with van der Waals surface area (Å²) in [5.74, 6) is 0.114. The van der Waals surface area contributed by atoms with Crippen molar-refractivity contribution in [2.24, 2.45) is 0 Å². The lowest BCUT2D eigenvalue weighted by Gasteiger charge is -2.14. The van der Waals surface area contributed by atoms with Crippen LogP contribution >= 0.6 is 23.4 Å². The van der Waals surface area contributed by atoms with Crippen LogP contribution in [0.5, 0.6) is 0 Å². The maximum absolute atomic E-state index is 13.3. The number of fused-ring (bicyclic) bond motifs is 1. The quantitative estimate of drug-likeness (QED) is 0.232. The van der Waals surface area contributed by atoms with Gasteiger partial charge in [0.2, 0.25) is 0 Å². The molecule has 0 spiro atoms. The summed E-state index contributed by atoms with van der Waals surface area (Å²) in [4.78, 5) is 30.7. The van der Waals surface area contributed by atoms with E-state index in [1.165, 1.54) is 11.8 Å². The zero-order chi connectivity index (χ0) is 21.3. The van der Waals surface area contributed by atoms with Gasteiger partial charge >= 0.3 is 0 Å². The van der Waals surface area contributed by atoms with E-state index >= 15 is 0 Å². The molecule has 1 aromatic heterocycles. The summed E-state index contributed by atoms with van der Waals surface area (Å²) in [6.45, 7) is 4.04. The number of nitrogens with zero attached hydrogens (tertiary/aromatic N) is 2. The zero-order valence-electron chi connectivity index (χ0n) is 16.6. The van der Waals surface area contributed by atoms with Crippen LogP contribution in [0, 0.1) is 13.8 Å². The van der Waals surface area contributed by atoms with E-state index in [-0.39, 0.29) is 17.1 Å². The van der Waals surface area contributed by atoms with Crippen molar-refractivity contribution in [3.05, 3.63) is 98.8 Å². The van der Waals surface area contributed by atoms with E-state index in [0.717, 1.165) is 16.8 Å². The van der Waals surface area contributed by atoms with Gasteiger partial charge < -0.3 is 0 Å². The van der Waals surface area contributed by atoms with E-state index in [0.29, 0.717) is 26.6 Å². The molecule has 4 rings (SSSR count). The average molecular weight is 435 g/mol. The Bertz CT molecular complexity index is 1310. The van der Waals surface area contributed by atoms with Crippen LogP contribution in [0.1, 0.15) is 21.5 Å². The zero-order valence-corrected chi connectivity index (χ0v) is 18.1. The van der Waals surface area contributed by atoms with Gasteiger partial charge in [-0.15, -0.1) is 0 Å². The summed E-state index contributed by atoms with van der Waals surface area (Å²) in [6.07, 6.45) is 0. The van der Waals surface area contributed by atoms with E-state index in [1.54, 1.807) is 34.9 Å². The fourth-order valence-electron chi connectivity index (χ4n) is 3.15. The second kappa shape index (κ2) is 8.46. The predicted molar refractivity (Wildman–Crippen MR) is 123 cm³/mol. The van der Waals surface area contributed by atoms with Gasteiger partial charge in [0.1, 0.15) is 0 Å². The number of halogens is 1. The molecule has 0 aliphatic carbocycles. The maximum Gasteiger partial charge on any atom is 0.266 e. The molecule has 6 heteroatoms. The Morgan fingerprint density at radius 3 is 2.47 bits per heavy atom. The molecule has 150 valence electrons. The van der Waals surface area contributed by atoms with Crippen molar-refractivity contribution in [2.45, 2.75) is 19.0 Å². The minimum atomic E-state index is -0.148. The Morgan fingerprint density at radius 2 is 1.73 bits per heavy atom. The SMILES string of the molecule is Cc1ccc(-n2c(SCC(=O)c3ccc(Cl)cc3)nc3ccccc3c2=O)cc1C. The Morgan fingerprint density at radius 1 is 1.00 bits per heavy atom. The van der Waals surface area contributed by atoms with E-state index in [4.69, 9.17) is 16.6 Å². The van der Waals surface area contributed by atoms with E-state index < -0.39 is 0 Å². The van der Waals surface area contributed by atoms with E-state index in [9.17, 15) is 9.59 Å². The third kappa shape index (κ3) is 4.04. The maximum atomic E-state index is 13.3. The number of carbonyl (C=O) groups is 1. The van der Waals surface area contributed by atoms with Crippen molar-refractivity contribution in [2.75, 3.05) is 5.75 Å². The number of aryl methyl sites for hydroxylation is 2. The Labute approximate surface area is 183 Å². The molecule has 30 heavy (non-hydrogen) atoms. The highest BCUT2D eigenvalue weighted by atomic mass is 35.5. The van der Waals surface area contributed by atoms with Gasteiger partial charge in [-0.2, -0.15) is 0 Å². The van der Waals surface area contributed by atoms with E-state index in [2.05, 4.69) is 0 Å². The number of Topliss-reactive ketones (excluding diaryl/α,β-unsaturated/α-hetero) is 1. The fraction of sp³-hybridized carbons (Fsp3) is 0.125. The van der Waals surface area contributed by atoms with Crippen LogP contribution in [-0.4, -0.2) is 21.1 Å². The summed E-state index contributed by atoms with van der Waals surface area (Å²) in [5, 5.41) is 1.62. The normalized spacial score (nSPS) is 11.0. The molecular weight excluding hydrogens is 416 g/mol. The van der Waals surface area contributed by atoms with Gasteiger partial charge in [-0.3, -0.25) is 14.2 Å². The van der Waals surface area contributed by atoms with Gasteiger partial charge in [0.05, 0.1) is 22.3 Å². The number of benzene rings is 3. The Hall–Kier alpha value is -2.89. The minimum Gasteiger partial charge on any atom is -0.293 e. The van der Waals surface area contributed by atoms with Crippen LogP contribution in [0.3, 0.4) is 0 Å². The average Bonchev–Trinajstić information content (AvgIpc) is 2.75. The molecule has 1 heterocycles. The number of hydrogen-bond donors (Lipinski definition) is 0. The third-order valence-electron chi connectivity index (χ3n) is 4.99. The molecule has 0 fully saturated rings. The molecule has 0 unspecified atom stereocenters. The first-order chi connectivity index (χ1) is 14.4. The number of thioether (sulfide) groups is 1. The number of hydrogen-bond acceptors (Lipinski definition) is 4. The monoisotopic (exact) mass is 434 g/mol. The van der Waals surface area contributed by atoms with Gasteiger partial charge in [-0.05, 0) is 73.5 Å². The first-order valence-electron chi connectivity index (χ1n) is 9.45. The number of rotatable bonds is 5. The highest BCUT2D eigenvalue weighted by Crippen LogP contribution is 2.24. The molecule has 0 amide bonds. The summed E-state index contributed by atoms with van der Waals surface area (Å²) in [7, 11) is 0. The lowest BCUT2D eigenvalue weighted by molar-refractivity contribution is 0.102. The topological polar surface area (TPSA) is 52.0 Å². The lowest BCUT2D eigenvalue weighted by Crippen LogP contribution is -2.22. The number of aromatic nitrogens is 2. The van der Waals surface area contributed by atoms with Crippen molar-refractivity contribution >= 4 is 40.0 Å². The van der Waals surface area contributed by atoms with Crippen molar-refractivity contribution in [3.63, 3.8) is 0 Å². The molecule has 0 saturated heterocycles. The first-order valence-corrected chi connectivity index (χ1v) is 10.8. The smallest absolute Gasteiger partial charge is 0.266 e. The summed E-state index contributed by atoms with van der Waals surface area (Å²) in [6, 6.07) is 19.9. The highest BCUT2D eigenvalue weighted by molar-refractivity contribution is 7.99. The van der Waals surface area contributed by atoms with Crippen molar-refractivity contribution in [1.29, 1.82) is 0 Å². The molecule has 0 saturated carbocycles. The molecule has 4 nitrogen and oxygen atoms in total. The third-order valence-corrected chi connectivity index (χ3v) is 6.18. The van der Waals surface area contributed by atoms with Crippen molar-refractivity contribution in [1.82, 2.24) is 9.55 Å². The summed E-state index contributed by atoms with van der Waals surface area (Å²) in [5.41, 5.74) is 4.01. The van der Waals surface area contributed by atoms with Gasteiger partial charge in [-0.1, -0.05) is 41.6 Å². The second-order valence-electron chi connectivity index (χ2n) is 7.04. The molecule has 0 aliphatic heterocycles. The molecule has 0 atom stereocenters. The van der Waals surface area contributed by atoms with Gasteiger partial charge in [0.15, 0.2) is 10.9 Å². The number of para-hydroxylation sites is 1. The summed E-state index contributed by atoms with van der Waals surface area (Å²) >= 11 is 7.17. The van der Waals surface area contributed by atoms with E-state index in [1.807, 2.05) is 50.2 Å². The molecule has 0 N–H and O–H groups in total. The Kier molecular flexibility index (Phi) is 5.75. The molecule has 0 radical (unpaired) electrons. The molecule has 0 aliphatic rings. The van der Waals surface area contributed by atoms with Crippen LogP contribution < -0.4 is 5.56 Å². The van der Waals surface area contributed by atoms with Crippen LogP contribution in [-0.2, 0) is 0 Å². The van der Waals surface area contributed by atoms with Crippen LogP contribution in [0.15, 0.2) is 76.7 Å². The lowest BCUT2D eigenvalue weighted by atomic mass is 10.1. The molecule has 4 aromatic rings. The van der Waals surface area contributed by atoms with Gasteiger partial charge in [0, 0.05) is 10.6 Å². The Balaban J connectivity index is 1.77. The number of carbonyl (C=O) groups excluding carboxylic acids is 1. The minimum absolute atomic E-state index is 0.0503. The standard InChI is InChI=1S/C24H19ClN2O2S/c1-15-7-12-19(13-16(15)2)27-23(29)20-5-3-4-6-21(20)26-24(27)30-14-22(28)17-8-10-18(25)11-9-17/h3-13H,14H2,1-2H3. The van der Waals surface area contributed by atoms with Gasteiger partial charge in [-0.25, -0.2) is 4.98 Å².